The van der Waals surface area contributed by atoms with Gasteiger partial charge in [-0.25, -0.2) is 8.78 Å². The van der Waals surface area contributed by atoms with Crippen molar-refractivity contribution >= 4 is 0 Å². The molecule has 0 aromatic heterocycles. The quantitative estimate of drug-likeness (QED) is 0.816. The van der Waals surface area contributed by atoms with Crippen LogP contribution in [0.2, 0.25) is 0 Å². The standard InChI is InChI=1S/C12H14F2O/c1-7-2-11(7)12(15)5-8-3-9(13)6-10(14)4-8/h3-4,6-7,11-12,15H,2,5H2,1H3. The molecule has 1 aromatic rings. The summed E-state index contributed by atoms with van der Waals surface area (Å²) >= 11 is 0. The van der Waals surface area contributed by atoms with Crippen LogP contribution >= 0.6 is 0 Å². The fourth-order valence-electron chi connectivity index (χ4n) is 2.01. The second-order valence-corrected chi connectivity index (χ2v) is 4.43. The first-order valence-corrected chi connectivity index (χ1v) is 5.19. The Kier molecular flexibility index (Phi) is 2.74. The van der Waals surface area contributed by atoms with E-state index in [9.17, 15) is 13.9 Å². The van der Waals surface area contributed by atoms with Crippen molar-refractivity contribution < 1.29 is 13.9 Å². The van der Waals surface area contributed by atoms with E-state index in [2.05, 4.69) is 6.92 Å². The van der Waals surface area contributed by atoms with Gasteiger partial charge < -0.3 is 5.11 Å². The van der Waals surface area contributed by atoms with E-state index in [1.54, 1.807) is 0 Å². The lowest BCUT2D eigenvalue weighted by Gasteiger charge is -2.09. The summed E-state index contributed by atoms with van der Waals surface area (Å²) in [6.07, 6.45) is 0.879. The first kappa shape index (κ1) is 10.6. The van der Waals surface area contributed by atoms with Gasteiger partial charge in [-0.05, 0) is 42.4 Å². The van der Waals surface area contributed by atoms with Crippen LogP contribution in [0.25, 0.3) is 0 Å². The Bertz CT molecular complexity index is 344. The van der Waals surface area contributed by atoms with Crippen molar-refractivity contribution in [1.29, 1.82) is 0 Å². The van der Waals surface area contributed by atoms with Gasteiger partial charge in [0.2, 0.25) is 0 Å². The SMILES string of the molecule is CC1CC1C(O)Cc1cc(F)cc(F)c1. The van der Waals surface area contributed by atoms with Crippen LogP contribution in [-0.4, -0.2) is 11.2 Å². The van der Waals surface area contributed by atoms with Crippen LogP contribution in [0.4, 0.5) is 8.78 Å². The minimum Gasteiger partial charge on any atom is -0.392 e. The lowest BCUT2D eigenvalue weighted by molar-refractivity contribution is 0.146. The maximum absolute atomic E-state index is 12.9. The summed E-state index contributed by atoms with van der Waals surface area (Å²) < 4.78 is 25.7. The molecule has 3 heteroatoms. The molecular formula is C12H14F2O. The molecule has 2 rings (SSSR count). The highest BCUT2D eigenvalue weighted by molar-refractivity contribution is 5.19. The van der Waals surface area contributed by atoms with Gasteiger partial charge in [0.05, 0.1) is 6.10 Å². The van der Waals surface area contributed by atoms with Gasteiger partial charge in [-0.3, -0.25) is 0 Å². The predicted octanol–water partition coefficient (Wildman–Crippen LogP) is 2.52. The third kappa shape index (κ3) is 2.53. The first-order chi connectivity index (χ1) is 7.06. The summed E-state index contributed by atoms with van der Waals surface area (Å²) in [5.74, 6) is -0.322. The minimum absolute atomic E-state index is 0.302. The van der Waals surface area contributed by atoms with E-state index in [0.29, 0.717) is 23.8 Å². The Hall–Kier alpha value is -0.960. The van der Waals surface area contributed by atoms with E-state index < -0.39 is 17.7 Å². The molecule has 82 valence electrons. The van der Waals surface area contributed by atoms with Gasteiger partial charge in [0.25, 0.3) is 0 Å². The second kappa shape index (κ2) is 3.89. The predicted molar refractivity (Wildman–Crippen MR) is 53.3 cm³/mol. The van der Waals surface area contributed by atoms with Gasteiger partial charge in [-0.15, -0.1) is 0 Å². The molecule has 0 saturated heterocycles. The number of rotatable bonds is 3. The van der Waals surface area contributed by atoms with E-state index in [1.807, 2.05) is 0 Å². The highest BCUT2D eigenvalue weighted by Gasteiger charge is 2.38. The van der Waals surface area contributed by atoms with Crippen molar-refractivity contribution in [2.75, 3.05) is 0 Å². The zero-order valence-electron chi connectivity index (χ0n) is 8.58. The van der Waals surface area contributed by atoms with Crippen molar-refractivity contribution in [2.24, 2.45) is 11.8 Å². The molecule has 1 aliphatic rings. The number of aliphatic hydroxyl groups excluding tert-OH is 1. The molecule has 0 bridgehead atoms. The summed E-state index contributed by atoms with van der Waals surface area (Å²) in [5, 5.41) is 9.75. The van der Waals surface area contributed by atoms with Crippen LogP contribution in [-0.2, 0) is 6.42 Å². The van der Waals surface area contributed by atoms with Gasteiger partial charge in [0, 0.05) is 6.07 Å². The summed E-state index contributed by atoms with van der Waals surface area (Å²) in [6.45, 7) is 2.07. The molecular weight excluding hydrogens is 198 g/mol. The van der Waals surface area contributed by atoms with E-state index in [4.69, 9.17) is 0 Å². The van der Waals surface area contributed by atoms with Gasteiger partial charge in [0.1, 0.15) is 11.6 Å². The van der Waals surface area contributed by atoms with Gasteiger partial charge in [0.15, 0.2) is 0 Å². The Morgan fingerprint density at radius 2 is 1.87 bits per heavy atom. The highest BCUT2D eigenvalue weighted by atomic mass is 19.1. The fraction of sp³-hybridized carbons (Fsp3) is 0.500. The zero-order valence-corrected chi connectivity index (χ0v) is 8.58. The number of benzene rings is 1. The molecule has 0 aliphatic heterocycles. The lowest BCUT2D eigenvalue weighted by Crippen LogP contribution is -2.14. The Balaban J connectivity index is 2.03. The Labute approximate surface area is 87.7 Å². The molecule has 1 saturated carbocycles. The van der Waals surface area contributed by atoms with Crippen molar-refractivity contribution in [3.63, 3.8) is 0 Å². The molecule has 3 atom stereocenters. The molecule has 1 aliphatic carbocycles. The van der Waals surface area contributed by atoms with E-state index in [1.165, 1.54) is 12.1 Å². The van der Waals surface area contributed by atoms with E-state index in [0.717, 1.165) is 12.5 Å². The topological polar surface area (TPSA) is 20.2 Å². The van der Waals surface area contributed by atoms with Crippen molar-refractivity contribution in [1.82, 2.24) is 0 Å². The maximum Gasteiger partial charge on any atom is 0.126 e. The van der Waals surface area contributed by atoms with Gasteiger partial charge >= 0.3 is 0 Å². The van der Waals surface area contributed by atoms with Crippen LogP contribution in [0.3, 0.4) is 0 Å². The largest absolute Gasteiger partial charge is 0.392 e. The average molecular weight is 212 g/mol. The van der Waals surface area contributed by atoms with Crippen molar-refractivity contribution in [3.05, 3.63) is 35.4 Å². The summed E-state index contributed by atoms with van der Waals surface area (Å²) in [5.41, 5.74) is 0.527. The summed E-state index contributed by atoms with van der Waals surface area (Å²) in [7, 11) is 0. The van der Waals surface area contributed by atoms with Crippen LogP contribution in [0.5, 0.6) is 0 Å². The average Bonchev–Trinajstić information content (AvgIpc) is 2.80. The molecule has 0 amide bonds. The number of aliphatic hydroxyl groups is 1. The zero-order chi connectivity index (χ0) is 11.0. The second-order valence-electron chi connectivity index (χ2n) is 4.43. The minimum atomic E-state index is -0.582. The number of hydrogen-bond acceptors (Lipinski definition) is 1. The molecule has 0 heterocycles. The molecule has 1 fully saturated rings. The molecule has 1 aromatic carbocycles. The summed E-state index contributed by atoms with van der Waals surface area (Å²) in [6, 6.07) is 3.40. The van der Waals surface area contributed by atoms with E-state index >= 15 is 0 Å². The number of halogens is 2. The van der Waals surface area contributed by atoms with Crippen molar-refractivity contribution in [3.8, 4) is 0 Å². The van der Waals surface area contributed by atoms with Crippen LogP contribution in [0.1, 0.15) is 18.9 Å². The first-order valence-electron chi connectivity index (χ1n) is 5.19. The van der Waals surface area contributed by atoms with Crippen molar-refractivity contribution in [2.45, 2.75) is 25.9 Å². The van der Waals surface area contributed by atoms with Gasteiger partial charge in [-0.1, -0.05) is 6.92 Å². The van der Waals surface area contributed by atoms with Crippen LogP contribution in [0, 0.1) is 23.5 Å². The molecule has 0 spiro atoms. The molecule has 3 unspecified atom stereocenters. The Morgan fingerprint density at radius 1 is 1.33 bits per heavy atom. The Morgan fingerprint density at radius 3 is 2.33 bits per heavy atom. The highest BCUT2D eigenvalue weighted by Crippen LogP contribution is 2.41. The number of hydrogen-bond donors (Lipinski definition) is 1. The molecule has 15 heavy (non-hydrogen) atoms. The normalized spacial score (nSPS) is 26.4. The van der Waals surface area contributed by atoms with E-state index in [-0.39, 0.29) is 0 Å². The smallest absolute Gasteiger partial charge is 0.126 e. The van der Waals surface area contributed by atoms with Crippen LogP contribution in [0.15, 0.2) is 18.2 Å². The van der Waals surface area contributed by atoms with Gasteiger partial charge in [-0.2, -0.15) is 0 Å². The summed E-state index contributed by atoms with van der Waals surface area (Å²) in [4.78, 5) is 0. The molecule has 1 nitrogen and oxygen atoms in total. The molecule has 0 radical (unpaired) electrons. The third-order valence-electron chi connectivity index (χ3n) is 3.03. The maximum atomic E-state index is 12.9. The lowest BCUT2D eigenvalue weighted by atomic mass is 10.0. The molecule has 1 N–H and O–H groups in total. The fourth-order valence-corrected chi connectivity index (χ4v) is 2.01. The third-order valence-corrected chi connectivity index (χ3v) is 3.03. The van der Waals surface area contributed by atoms with Crippen LogP contribution < -0.4 is 0 Å². The monoisotopic (exact) mass is 212 g/mol.